The summed E-state index contributed by atoms with van der Waals surface area (Å²) in [4.78, 5) is 20.5. The van der Waals surface area contributed by atoms with Crippen molar-refractivity contribution in [1.82, 2.24) is 15.2 Å². The summed E-state index contributed by atoms with van der Waals surface area (Å²) in [5.41, 5.74) is 4.12. The summed E-state index contributed by atoms with van der Waals surface area (Å²) in [6.45, 7) is 6.14. The fourth-order valence-electron chi connectivity index (χ4n) is 4.18. The molecule has 142 valence electrons. The molecule has 0 bridgehead atoms. The number of benzene rings is 1. The van der Waals surface area contributed by atoms with Crippen LogP contribution in [-0.4, -0.2) is 41.5 Å². The van der Waals surface area contributed by atoms with Crippen LogP contribution in [0.4, 0.5) is 5.82 Å². The third-order valence-electron chi connectivity index (χ3n) is 5.82. The zero-order valence-electron chi connectivity index (χ0n) is 16.0. The van der Waals surface area contributed by atoms with E-state index >= 15 is 0 Å². The van der Waals surface area contributed by atoms with Gasteiger partial charge in [0.1, 0.15) is 5.82 Å². The number of anilines is 1. The van der Waals surface area contributed by atoms with E-state index in [0.717, 1.165) is 57.8 Å². The predicted molar refractivity (Wildman–Crippen MR) is 108 cm³/mol. The van der Waals surface area contributed by atoms with Crippen molar-refractivity contribution in [1.29, 1.82) is 0 Å². The molecular formula is C22H28N4O. The Morgan fingerprint density at radius 3 is 2.67 bits per heavy atom. The topological polar surface area (TPSA) is 48.5 Å². The predicted octanol–water partition coefficient (Wildman–Crippen LogP) is 2.74. The molecule has 1 aromatic carbocycles. The van der Waals surface area contributed by atoms with Gasteiger partial charge in [0, 0.05) is 57.4 Å². The lowest BCUT2D eigenvalue weighted by Gasteiger charge is -2.33. The summed E-state index contributed by atoms with van der Waals surface area (Å²) >= 11 is 0. The maximum absolute atomic E-state index is 11.5. The molecule has 2 aromatic rings. The van der Waals surface area contributed by atoms with Gasteiger partial charge in [0.25, 0.3) is 0 Å². The van der Waals surface area contributed by atoms with Gasteiger partial charge in [-0.2, -0.15) is 0 Å². The first kappa shape index (κ1) is 18.0. The van der Waals surface area contributed by atoms with Crippen molar-refractivity contribution >= 4 is 11.7 Å². The number of fused-ring (bicyclic) bond motifs is 1. The van der Waals surface area contributed by atoms with Gasteiger partial charge in [-0.3, -0.25) is 4.79 Å². The average molecular weight is 364 g/mol. The minimum atomic E-state index is 0.188. The quantitative estimate of drug-likeness (QED) is 0.906. The number of hydrogen-bond donors (Lipinski definition) is 1. The van der Waals surface area contributed by atoms with Crippen molar-refractivity contribution in [3.63, 3.8) is 0 Å². The Hall–Kier alpha value is -2.40. The third kappa shape index (κ3) is 4.14. The van der Waals surface area contributed by atoms with Crippen LogP contribution in [0, 0.1) is 0 Å². The number of amides is 1. The molecule has 0 aliphatic carbocycles. The molecular weight excluding hydrogens is 336 g/mol. The minimum absolute atomic E-state index is 0.188. The molecule has 0 atom stereocenters. The summed E-state index contributed by atoms with van der Waals surface area (Å²) in [5, 5.41) is 3.69. The van der Waals surface area contributed by atoms with E-state index < -0.39 is 0 Å². The maximum atomic E-state index is 11.5. The van der Waals surface area contributed by atoms with Gasteiger partial charge in [-0.05, 0) is 36.5 Å². The summed E-state index contributed by atoms with van der Waals surface area (Å²) in [5.74, 6) is 1.29. The molecule has 5 nitrogen and oxygen atoms in total. The summed E-state index contributed by atoms with van der Waals surface area (Å²) in [6, 6.07) is 13.4. The Labute approximate surface area is 161 Å². The van der Waals surface area contributed by atoms with Crippen molar-refractivity contribution in [2.24, 2.45) is 0 Å². The van der Waals surface area contributed by atoms with E-state index in [1.807, 2.05) is 17.2 Å². The molecule has 5 heteroatoms. The SMILES string of the molecule is CC(=O)N1CCC(NCc2cccnc2N2CCc3ccccc3C2)CC1. The number of likely N-dealkylation sites (tertiary alicyclic amines) is 1. The molecule has 0 spiro atoms. The number of pyridine rings is 1. The number of nitrogens with zero attached hydrogens (tertiary/aromatic N) is 3. The molecule has 4 rings (SSSR count). The molecule has 2 aliphatic heterocycles. The van der Waals surface area contributed by atoms with Crippen LogP contribution in [0.3, 0.4) is 0 Å². The van der Waals surface area contributed by atoms with E-state index in [0.29, 0.717) is 6.04 Å². The first-order valence-electron chi connectivity index (χ1n) is 9.95. The van der Waals surface area contributed by atoms with Crippen molar-refractivity contribution in [2.75, 3.05) is 24.5 Å². The van der Waals surface area contributed by atoms with Gasteiger partial charge in [0.05, 0.1) is 0 Å². The highest BCUT2D eigenvalue weighted by atomic mass is 16.2. The molecule has 1 saturated heterocycles. The van der Waals surface area contributed by atoms with Crippen molar-refractivity contribution in [2.45, 2.75) is 45.3 Å². The van der Waals surface area contributed by atoms with Crippen LogP contribution in [0.2, 0.25) is 0 Å². The molecule has 0 unspecified atom stereocenters. The fraction of sp³-hybridized carbons (Fsp3) is 0.455. The van der Waals surface area contributed by atoms with Gasteiger partial charge in [0.2, 0.25) is 5.91 Å². The highest BCUT2D eigenvalue weighted by Crippen LogP contribution is 2.25. The number of aromatic nitrogens is 1. The first-order chi connectivity index (χ1) is 13.2. The zero-order valence-corrected chi connectivity index (χ0v) is 16.0. The van der Waals surface area contributed by atoms with Gasteiger partial charge in [-0.25, -0.2) is 4.98 Å². The van der Waals surface area contributed by atoms with E-state index in [1.165, 1.54) is 16.7 Å². The van der Waals surface area contributed by atoms with E-state index in [2.05, 4.69) is 40.5 Å². The van der Waals surface area contributed by atoms with Crippen molar-refractivity contribution < 1.29 is 4.79 Å². The average Bonchev–Trinajstić information content (AvgIpc) is 2.72. The van der Waals surface area contributed by atoms with Gasteiger partial charge in [-0.1, -0.05) is 30.3 Å². The number of hydrogen-bond acceptors (Lipinski definition) is 4. The van der Waals surface area contributed by atoms with Crippen LogP contribution in [0.1, 0.15) is 36.5 Å². The Morgan fingerprint density at radius 1 is 1.11 bits per heavy atom. The fourth-order valence-corrected chi connectivity index (χ4v) is 4.18. The molecule has 1 N–H and O–H groups in total. The van der Waals surface area contributed by atoms with Crippen molar-refractivity contribution in [3.8, 4) is 0 Å². The Balaban J connectivity index is 1.40. The van der Waals surface area contributed by atoms with Crippen LogP contribution < -0.4 is 10.2 Å². The second-order valence-electron chi connectivity index (χ2n) is 7.59. The van der Waals surface area contributed by atoms with Crippen LogP contribution >= 0.6 is 0 Å². The molecule has 0 saturated carbocycles. The lowest BCUT2D eigenvalue weighted by molar-refractivity contribution is -0.129. The van der Waals surface area contributed by atoms with E-state index in [4.69, 9.17) is 4.98 Å². The van der Waals surface area contributed by atoms with Crippen LogP contribution in [0.5, 0.6) is 0 Å². The van der Waals surface area contributed by atoms with Crippen LogP contribution in [0.25, 0.3) is 0 Å². The molecule has 1 aromatic heterocycles. The van der Waals surface area contributed by atoms with Crippen molar-refractivity contribution in [3.05, 3.63) is 59.3 Å². The number of carbonyl (C=O) groups is 1. The van der Waals surface area contributed by atoms with Gasteiger partial charge >= 0.3 is 0 Å². The number of piperidine rings is 1. The number of nitrogens with one attached hydrogen (secondary N) is 1. The third-order valence-corrected chi connectivity index (χ3v) is 5.82. The lowest BCUT2D eigenvalue weighted by atomic mass is 9.99. The molecule has 2 aliphatic rings. The smallest absolute Gasteiger partial charge is 0.219 e. The molecule has 1 amide bonds. The molecule has 27 heavy (non-hydrogen) atoms. The monoisotopic (exact) mass is 364 g/mol. The Bertz CT molecular complexity index is 798. The molecule has 1 fully saturated rings. The normalized spacial score (nSPS) is 17.7. The number of carbonyl (C=O) groups excluding carboxylic acids is 1. The maximum Gasteiger partial charge on any atom is 0.219 e. The van der Waals surface area contributed by atoms with E-state index in [-0.39, 0.29) is 5.91 Å². The highest BCUT2D eigenvalue weighted by Gasteiger charge is 2.22. The standard InChI is InChI=1S/C22H28N4O/c1-17(27)25-13-9-21(10-14-25)24-15-19-7-4-11-23-22(19)26-12-8-18-5-2-3-6-20(18)16-26/h2-7,11,21,24H,8-10,12-16H2,1H3. The minimum Gasteiger partial charge on any atom is -0.352 e. The Kier molecular flexibility index (Phi) is 5.39. The van der Waals surface area contributed by atoms with E-state index in [1.54, 1.807) is 6.92 Å². The second-order valence-corrected chi connectivity index (χ2v) is 7.59. The Morgan fingerprint density at radius 2 is 1.89 bits per heavy atom. The first-order valence-corrected chi connectivity index (χ1v) is 9.95. The van der Waals surface area contributed by atoms with E-state index in [9.17, 15) is 4.79 Å². The second kappa shape index (κ2) is 8.09. The largest absolute Gasteiger partial charge is 0.352 e. The zero-order chi connectivity index (χ0) is 18.6. The number of rotatable bonds is 4. The van der Waals surface area contributed by atoms with Crippen LogP contribution in [-0.2, 0) is 24.3 Å². The van der Waals surface area contributed by atoms with Gasteiger partial charge in [0.15, 0.2) is 0 Å². The highest BCUT2D eigenvalue weighted by molar-refractivity contribution is 5.73. The molecule has 3 heterocycles. The van der Waals surface area contributed by atoms with Crippen LogP contribution in [0.15, 0.2) is 42.6 Å². The summed E-state index contributed by atoms with van der Waals surface area (Å²) in [7, 11) is 0. The molecule has 0 radical (unpaired) electrons. The summed E-state index contributed by atoms with van der Waals surface area (Å²) < 4.78 is 0. The van der Waals surface area contributed by atoms with Gasteiger partial charge < -0.3 is 15.1 Å². The lowest BCUT2D eigenvalue weighted by Crippen LogP contribution is -2.44. The van der Waals surface area contributed by atoms with Gasteiger partial charge in [-0.15, -0.1) is 0 Å². The summed E-state index contributed by atoms with van der Waals surface area (Å²) in [6.07, 6.45) is 5.01.